The summed E-state index contributed by atoms with van der Waals surface area (Å²) in [4.78, 5) is 26.4. The van der Waals surface area contributed by atoms with Crippen LogP contribution in [0.3, 0.4) is 0 Å². The van der Waals surface area contributed by atoms with Crippen molar-refractivity contribution < 1.29 is 9.59 Å². The number of fused-ring (bicyclic) bond motifs is 2. The molecule has 0 aliphatic carbocycles. The van der Waals surface area contributed by atoms with Gasteiger partial charge in [-0.1, -0.05) is 30.7 Å². The molecule has 1 N–H and O–H groups in total. The molecule has 0 spiro atoms. The molecule has 2 aliphatic heterocycles. The Bertz CT molecular complexity index is 917. The Hall–Kier alpha value is -2.96. The molecule has 3 heterocycles. The van der Waals surface area contributed by atoms with Gasteiger partial charge in [0.25, 0.3) is 0 Å². The van der Waals surface area contributed by atoms with Crippen LogP contribution >= 0.6 is 0 Å². The van der Waals surface area contributed by atoms with E-state index in [-0.39, 0.29) is 24.3 Å². The van der Waals surface area contributed by atoms with E-state index in [1.54, 1.807) is 11.1 Å². The number of rotatable bonds is 4. The number of hydrogen-bond acceptors (Lipinski definition) is 4. The zero-order valence-corrected chi connectivity index (χ0v) is 16.1. The molecule has 4 rings (SSSR count). The van der Waals surface area contributed by atoms with Crippen LogP contribution in [0.5, 0.6) is 0 Å². The second-order valence-corrected chi connectivity index (χ2v) is 7.36. The maximum absolute atomic E-state index is 12.7. The van der Waals surface area contributed by atoms with Gasteiger partial charge in [-0.2, -0.15) is 0 Å². The summed E-state index contributed by atoms with van der Waals surface area (Å²) in [5.74, 6) is 1.63. The first-order valence-corrected chi connectivity index (χ1v) is 9.87. The average Bonchev–Trinajstić information content (AvgIpc) is 2.92. The number of benzene rings is 1. The fraction of sp³-hybridized carbons (Fsp3) is 0.429. The van der Waals surface area contributed by atoms with E-state index in [0.717, 1.165) is 48.6 Å². The topological polar surface area (TPSA) is 80.1 Å². The van der Waals surface area contributed by atoms with Gasteiger partial charge in [0.2, 0.25) is 11.8 Å². The standard InChI is InChI=1S/C21H25N5O2/c1-15(27)25-12-10-16-7-4-5-8-17(16)18(25)13-21(28)22-14-20-24-23-19-9-3-2-6-11-26(19)20/h4-5,7-8,10,12,18H,2-3,6,9,11,13-14H2,1H3,(H,22,28). The molecule has 146 valence electrons. The summed E-state index contributed by atoms with van der Waals surface area (Å²) in [5, 5.41) is 11.5. The number of carbonyl (C=O) groups excluding carboxylic acids is 2. The Kier molecular flexibility index (Phi) is 5.23. The van der Waals surface area contributed by atoms with Crippen LogP contribution in [0.25, 0.3) is 6.08 Å². The summed E-state index contributed by atoms with van der Waals surface area (Å²) in [6.45, 7) is 2.79. The zero-order valence-electron chi connectivity index (χ0n) is 16.1. The molecule has 7 heteroatoms. The van der Waals surface area contributed by atoms with E-state index in [1.165, 1.54) is 13.3 Å². The first-order valence-electron chi connectivity index (χ1n) is 9.87. The van der Waals surface area contributed by atoms with Gasteiger partial charge in [0.15, 0.2) is 5.82 Å². The summed E-state index contributed by atoms with van der Waals surface area (Å²) < 4.78 is 2.13. The Morgan fingerprint density at radius 3 is 2.89 bits per heavy atom. The van der Waals surface area contributed by atoms with Crippen LogP contribution in [-0.4, -0.2) is 31.5 Å². The molecular weight excluding hydrogens is 354 g/mol. The van der Waals surface area contributed by atoms with Gasteiger partial charge >= 0.3 is 0 Å². The summed E-state index contributed by atoms with van der Waals surface area (Å²) >= 11 is 0. The van der Waals surface area contributed by atoms with E-state index in [1.807, 2.05) is 30.3 Å². The van der Waals surface area contributed by atoms with Crippen molar-refractivity contribution in [2.24, 2.45) is 0 Å². The van der Waals surface area contributed by atoms with Gasteiger partial charge < -0.3 is 14.8 Å². The Morgan fingerprint density at radius 2 is 2.04 bits per heavy atom. The van der Waals surface area contributed by atoms with Crippen molar-refractivity contribution in [3.05, 3.63) is 53.2 Å². The normalized spacial score (nSPS) is 18.2. The van der Waals surface area contributed by atoms with Gasteiger partial charge in [0.05, 0.1) is 19.0 Å². The second kappa shape index (κ2) is 7.96. The largest absolute Gasteiger partial charge is 0.349 e. The van der Waals surface area contributed by atoms with Gasteiger partial charge in [0, 0.05) is 26.1 Å². The average molecular weight is 379 g/mol. The molecule has 0 saturated carbocycles. The smallest absolute Gasteiger partial charge is 0.223 e. The third kappa shape index (κ3) is 3.69. The summed E-state index contributed by atoms with van der Waals surface area (Å²) in [6, 6.07) is 7.58. The highest BCUT2D eigenvalue weighted by Gasteiger charge is 2.28. The lowest BCUT2D eigenvalue weighted by Gasteiger charge is -2.32. The Labute approximate surface area is 164 Å². The predicted molar refractivity (Wildman–Crippen MR) is 105 cm³/mol. The van der Waals surface area contributed by atoms with Crippen molar-refractivity contribution in [1.29, 1.82) is 0 Å². The van der Waals surface area contributed by atoms with E-state index in [0.29, 0.717) is 6.54 Å². The number of carbonyl (C=O) groups is 2. The molecule has 28 heavy (non-hydrogen) atoms. The van der Waals surface area contributed by atoms with Crippen molar-refractivity contribution >= 4 is 17.9 Å². The van der Waals surface area contributed by atoms with E-state index in [2.05, 4.69) is 20.1 Å². The number of hydrogen-bond donors (Lipinski definition) is 1. The lowest BCUT2D eigenvalue weighted by molar-refractivity contribution is -0.130. The van der Waals surface area contributed by atoms with Crippen molar-refractivity contribution in [1.82, 2.24) is 25.0 Å². The second-order valence-electron chi connectivity index (χ2n) is 7.36. The van der Waals surface area contributed by atoms with Gasteiger partial charge in [-0.3, -0.25) is 9.59 Å². The van der Waals surface area contributed by atoms with E-state index < -0.39 is 0 Å². The quantitative estimate of drug-likeness (QED) is 0.885. The minimum atomic E-state index is -0.297. The van der Waals surface area contributed by atoms with Crippen LogP contribution in [0.15, 0.2) is 30.5 Å². The maximum atomic E-state index is 12.7. The molecule has 0 bridgehead atoms. The van der Waals surface area contributed by atoms with Gasteiger partial charge in [-0.05, 0) is 30.0 Å². The minimum Gasteiger partial charge on any atom is -0.349 e. The fourth-order valence-corrected chi connectivity index (χ4v) is 4.01. The molecule has 2 aromatic rings. The monoisotopic (exact) mass is 379 g/mol. The molecule has 1 unspecified atom stereocenters. The van der Waals surface area contributed by atoms with Gasteiger partial charge in [-0.25, -0.2) is 0 Å². The van der Waals surface area contributed by atoms with Crippen LogP contribution in [0, 0.1) is 0 Å². The SMILES string of the molecule is CC(=O)N1C=Cc2ccccc2C1CC(=O)NCc1nnc2n1CCCCC2. The highest BCUT2D eigenvalue weighted by atomic mass is 16.2. The summed E-state index contributed by atoms with van der Waals surface area (Å²) in [6.07, 6.45) is 8.29. The number of nitrogens with zero attached hydrogens (tertiary/aromatic N) is 4. The first-order chi connectivity index (χ1) is 13.6. The van der Waals surface area contributed by atoms with Crippen LogP contribution < -0.4 is 5.32 Å². The molecule has 1 aromatic heterocycles. The lowest BCUT2D eigenvalue weighted by atomic mass is 9.93. The molecule has 2 amide bonds. The lowest BCUT2D eigenvalue weighted by Crippen LogP contribution is -2.35. The first kappa shape index (κ1) is 18.4. The Balaban J connectivity index is 1.45. The molecule has 1 aromatic carbocycles. The summed E-state index contributed by atoms with van der Waals surface area (Å²) in [5.41, 5.74) is 2.03. The predicted octanol–water partition coefficient (Wildman–Crippen LogP) is 2.58. The van der Waals surface area contributed by atoms with E-state index >= 15 is 0 Å². The number of aryl methyl sites for hydroxylation is 1. The highest BCUT2D eigenvalue weighted by Crippen LogP contribution is 2.32. The molecule has 0 fully saturated rings. The van der Waals surface area contributed by atoms with Crippen LogP contribution in [0.2, 0.25) is 0 Å². The highest BCUT2D eigenvalue weighted by molar-refractivity contribution is 5.81. The number of nitrogens with one attached hydrogen (secondary N) is 1. The summed E-state index contributed by atoms with van der Waals surface area (Å²) in [7, 11) is 0. The van der Waals surface area contributed by atoms with Gasteiger partial charge in [0.1, 0.15) is 5.82 Å². The maximum Gasteiger partial charge on any atom is 0.223 e. The molecular formula is C21H25N5O2. The third-order valence-corrected chi connectivity index (χ3v) is 5.48. The van der Waals surface area contributed by atoms with Crippen LogP contribution in [-0.2, 0) is 29.1 Å². The van der Waals surface area contributed by atoms with Crippen molar-refractivity contribution in [3.63, 3.8) is 0 Å². The van der Waals surface area contributed by atoms with E-state index in [4.69, 9.17) is 0 Å². The third-order valence-electron chi connectivity index (χ3n) is 5.48. The fourth-order valence-electron chi connectivity index (χ4n) is 4.01. The molecule has 1 atom stereocenters. The van der Waals surface area contributed by atoms with E-state index in [9.17, 15) is 9.59 Å². The van der Waals surface area contributed by atoms with Crippen molar-refractivity contribution in [3.8, 4) is 0 Å². The minimum absolute atomic E-state index is 0.0775. The molecule has 7 nitrogen and oxygen atoms in total. The molecule has 0 saturated heterocycles. The van der Waals surface area contributed by atoms with Crippen LogP contribution in [0.1, 0.15) is 61.4 Å². The molecule has 2 aliphatic rings. The van der Waals surface area contributed by atoms with Gasteiger partial charge in [-0.15, -0.1) is 10.2 Å². The zero-order chi connectivity index (χ0) is 19.5. The number of aromatic nitrogens is 3. The Morgan fingerprint density at radius 1 is 1.18 bits per heavy atom. The van der Waals surface area contributed by atoms with Crippen LogP contribution in [0.4, 0.5) is 0 Å². The van der Waals surface area contributed by atoms with Crippen molar-refractivity contribution in [2.75, 3.05) is 0 Å². The molecule has 0 radical (unpaired) electrons. The number of amides is 2. The van der Waals surface area contributed by atoms with Crippen molar-refractivity contribution in [2.45, 2.75) is 58.2 Å².